The average molecular weight is 313 g/mol. The Morgan fingerprint density at radius 2 is 1.53 bits per heavy atom. The molecule has 0 saturated heterocycles. The van der Waals surface area contributed by atoms with Gasteiger partial charge in [-0.05, 0) is 36.4 Å². The van der Waals surface area contributed by atoms with Crippen molar-refractivity contribution in [3.8, 4) is 0 Å². The highest BCUT2D eigenvalue weighted by molar-refractivity contribution is 7.99. The molecular formula is C14H14Cl2N2S. The average Bonchev–Trinajstić information content (AvgIpc) is 2.34. The highest BCUT2D eigenvalue weighted by atomic mass is 35.5. The molecular weight excluding hydrogens is 299 g/mol. The molecule has 0 aromatic heterocycles. The Morgan fingerprint density at radius 3 is 2.05 bits per heavy atom. The molecule has 2 rings (SSSR count). The first-order valence-corrected chi connectivity index (χ1v) is 7.24. The Labute approximate surface area is 127 Å². The summed E-state index contributed by atoms with van der Waals surface area (Å²) in [6, 6.07) is 11.4. The second-order valence-electron chi connectivity index (χ2n) is 4.30. The van der Waals surface area contributed by atoms with Crippen LogP contribution in [-0.2, 0) is 0 Å². The third-order valence-corrected chi connectivity index (χ3v) is 4.61. The highest BCUT2D eigenvalue weighted by Gasteiger charge is 2.08. The van der Waals surface area contributed by atoms with Crippen LogP contribution < -0.4 is 10.6 Å². The fourth-order valence-corrected chi connectivity index (χ4v) is 2.99. The molecule has 0 saturated carbocycles. The molecule has 0 aliphatic heterocycles. The number of hydrogen-bond donors (Lipinski definition) is 1. The van der Waals surface area contributed by atoms with Crippen molar-refractivity contribution in [2.24, 2.45) is 0 Å². The van der Waals surface area contributed by atoms with E-state index >= 15 is 0 Å². The van der Waals surface area contributed by atoms with Crippen molar-refractivity contribution in [1.29, 1.82) is 0 Å². The number of nitrogens with two attached hydrogens (primary N) is 1. The number of halogens is 2. The summed E-state index contributed by atoms with van der Waals surface area (Å²) in [7, 11) is 3.96. The lowest BCUT2D eigenvalue weighted by molar-refractivity contribution is 1.13. The van der Waals surface area contributed by atoms with E-state index in [0.29, 0.717) is 15.7 Å². The molecule has 0 heterocycles. The number of nitrogen functional groups attached to an aromatic ring is 1. The maximum Gasteiger partial charge on any atom is 0.0566 e. The largest absolute Gasteiger partial charge is 0.399 e. The van der Waals surface area contributed by atoms with Gasteiger partial charge in [0.25, 0.3) is 0 Å². The van der Waals surface area contributed by atoms with Gasteiger partial charge in [0.15, 0.2) is 0 Å². The summed E-state index contributed by atoms with van der Waals surface area (Å²) in [5.41, 5.74) is 7.40. The summed E-state index contributed by atoms with van der Waals surface area (Å²) in [5.74, 6) is 0. The molecule has 2 nitrogen and oxygen atoms in total. The summed E-state index contributed by atoms with van der Waals surface area (Å²) in [6.07, 6.45) is 0. The zero-order valence-corrected chi connectivity index (χ0v) is 13.0. The van der Waals surface area contributed by atoms with E-state index < -0.39 is 0 Å². The quantitative estimate of drug-likeness (QED) is 0.826. The molecule has 0 atom stereocenters. The monoisotopic (exact) mass is 312 g/mol. The number of nitrogens with zero attached hydrogens (tertiary/aromatic N) is 1. The minimum Gasteiger partial charge on any atom is -0.399 e. The van der Waals surface area contributed by atoms with Gasteiger partial charge in [-0.1, -0.05) is 35.0 Å². The molecule has 0 spiro atoms. The van der Waals surface area contributed by atoms with Gasteiger partial charge in [-0.3, -0.25) is 0 Å². The van der Waals surface area contributed by atoms with Crippen LogP contribution in [0.25, 0.3) is 0 Å². The van der Waals surface area contributed by atoms with Gasteiger partial charge in [0.2, 0.25) is 0 Å². The predicted molar refractivity (Wildman–Crippen MR) is 85.8 cm³/mol. The van der Waals surface area contributed by atoms with Crippen molar-refractivity contribution in [1.82, 2.24) is 0 Å². The second kappa shape index (κ2) is 5.95. The van der Waals surface area contributed by atoms with E-state index in [0.717, 1.165) is 15.5 Å². The molecule has 2 aromatic carbocycles. The third-order valence-electron chi connectivity index (χ3n) is 2.61. The van der Waals surface area contributed by atoms with Crippen LogP contribution >= 0.6 is 35.0 Å². The summed E-state index contributed by atoms with van der Waals surface area (Å²) >= 11 is 14.0. The Hall–Kier alpha value is -1.03. The van der Waals surface area contributed by atoms with E-state index in [-0.39, 0.29) is 0 Å². The fraction of sp³-hybridized carbons (Fsp3) is 0.143. The van der Waals surface area contributed by atoms with Crippen molar-refractivity contribution >= 4 is 46.3 Å². The van der Waals surface area contributed by atoms with Crippen molar-refractivity contribution < 1.29 is 0 Å². The number of rotatable bonds is 3. The van der Waals surface area contributed by atoms with E-state index in [1.807, 2.05) is 49.3 Å². The Bertz CT molecular complexity index is 600. The standard InChI is InChI=1S/C14H14Cl2N2S/c1-18(2)10-4-6-14(12(16)8-10)19-13-5-3-9(17)7-11(13)15/h3-8H,17H2,1-2H3. The molecule has 0 unspecified atom stereocenters. The van der Waals surface area contributed by atoms with Crippen molar-refractivity contribution in [3.63, 3.8) is 0 Å². The van der Waals surface area contributed by atoms with E-state index in [1.54, 1.807) is 6.07 Å². The third kappa shape index (κ3) is 3.50. The Balaban J connectivity index is 2.28. The maximum atomic E-state index is 6.29. The summed E-state index contributed by atoms with van der Waals surface area (Å²) in [6.45, 7) is 0. The van der Waals surface area contributed by atoms with Gasteiger partial charge in [-0.15, -0.1) is 0 Å². The molecule has 2 aromatic rings. The van der Waals surface area contributed by atoms with Crippen LogP contribution in [0.5, 0.6) is 0 Å². The summed E-state index contributed by atoms with van der Waals surface area (Å²) < 4.78 is 0. The lowest BCUT2D eigenvalue weighted by atomic mass is 10.3. The number of benzene rings is 2. The SMILES string of the molecule is CN(C)c1ccc(Sc2ccc(N)cc2Cl)c(Cl)c1. The van der Waals surface area contributed by atoms with Gasteiger partial charge in [0, 0.05) is 35.3 Å². The lowest BCUT2D eigenvalue weighted by Crippen LogP contribution is -2.08. The Morgan fingerprint density at radius 1 is 0.947 bits per heavy atom. The van der Waals surface area contributed by atoms with Crippen LogP contribution in [0.1, 0.15) is 0 Å². The normalized spacial score (nSPS) is 10.5. The van der Waals surface area contributed by atoms with Gasteiger partial charge in [0.1, 0.15) is 0 Å². The minimum atomic E-state index is 0.637. The number of hydrogen-bond acceptors (Lipinski definition) is 3. The van der Waals surface area contributed by atoms with Gasteiger partial charge in [-0.2, -0.15) is 0 Å². The van der Waals surface area contributed by atoms with Gasteiger partial charge in [-0.25, -0.2) is 0 Å². The molecule has 0 amide bonds. The maximum absolute atomic E-state index is 6.29. The summed E-state index contributed by atoms with van der Waals surface area (Å²) in [4.78, 5) is 3.92. The van der Waals surface area contributed by atoms with Crippen LogP contribution in [0.15, 0.2) is 46.2 Å². The molecule has 0 fully saturated rings. The smallest absolute Gasteiger partial charge is 0.0566 e. The molecule has 0 bridgehead atoms. The molecule has 0 aliphatic rings. The van der Waals surface area contributed by atoms with Crippen molar-refractivity contribution in [2.75, 3.05) is 24.7 Å². The first-order valence-electron chi connectivity index (χ1n) is 5.67. The molecule has 2 N–H and O–H groups in total. The first kappa shape index (κ1) is 14.4. The van der Waals surface area contributed by atoms with Gasteiger partial charge >= 0.3 is 0 Å². The van der Waals surface area contributed by atoms with Crippen LogP contribution in [0, 0.1) is 0 Å². The van der Waals surface area contributed by atoms with Crippen LogP contribution in [0.4, 0.5) is 11.4 Å². The first-order chi connectivity index (χ1) is 8.97. The van der Waals surface area contributed by atoms with Crippen LogP contribution in [0.3, 0.4) is 0 Å². The Kier molecular flexibility index (Phi) is 4.50. The minimum absolute atomic E-state index is 0.637. The predicted octanol–water partition coefficient (Wildman–Crippen LogP) is 4.79. The second-order valence-corrected chi connectivity index (χ2v) is 6.20. The topological polar surface area (TPSA) is 29.3 Å². The lowest BCUT2D eigenvalue weighted by Gasteiger charge is -2.14. The molecule has 0 radical (unpaired) electrons. The zero-order chi connectivity index (χ0) is 14.0. The number of anilines is 2. The van der Waals surface area contributed by atoms with E-state index in [4.69, 9.17) is 28.9 Å². The van der Waals surface area contributed by atoms with Crippen LogP contribution in [-0.4, -0.2) is 14.1 Å². The summed E-state index contributed by atoms with van der Waals surface area (Å²) in [5, 5.41) is 1.35. The fourth-order valence-electron chi connectivity index (χ4n) is 1.57. The molecule has 5 heteroatoms. The zero-order valence-electron chi connectivity index (χ0n) is 10.7. The van der Waals surface area contributed by atoms with Crippen LogP contribution in [0.2, 0.25) is 10.0 Å². The van der Waals surface area contributed by atoms with E-state index in [9.17, 15) is 0 Å². The van der Waals surface area contributed by atoms with Gasteiger partial charge < -0.3 is 10.6 Å². The highest BCUT2D eigenvalue weighted by Crippen LogP contribution is 2.38. The van der Waals surface area contributed by atoms with Crippen molar-refractivity contribution in [2.45, 2.75) is 9.79 Å². The molecule has 100 valence electrons. The molecule has 19 heavy (non-hydrogen) atoms. The molecule has 0 aliphatic carbocycles. The van der Waals surface area contributed by atoms with Crippen molar-refractivity contribution in [3.05, 3.63) is 46.4 Å². The van der Waals surface area contributed by atoms with E-state index in [1.165, 1.54) is 11.8 Å². The van der Waals surface area contributed by atoms with Gasteiger partial charge in [0.05, 0.1) is 10.0 Å². The van der Waals surface area contributed by atoms with E-state index in [2.05, 4.69) is 0 Å².